The van der Waals surface area contributed by atoms with E-state index < -0.39 is 10.0 Å². The van der Waals surface area contributed by atoms with E-state index in [4.69, 9.17) is 0 Å². The average molecular weight is 380 g/mol. The fourth-order valence-corrected chi connectivity index (χ4v) is 5.84. The third-order valence-electron chi connectivity index (χ3n) is 4.47. The Balaban J connectivity index is 1.94. The number of benzene rings is 1. The number of rotatable bonds is 6. The molecular formula is C18H25N3O2S2. The van der Waals surface area contributed by atoms with Gasteiger partial charge in [-0.2, -0.15) is 4.31 Å². The maximum absolute atomic E-state index is 13.3. The van der Waals surface area contributed by atoms with E-state index in [9.17, 15) is 8.42 Å². The molecule has 1 N–H and O–H groups in total. The Morgan fingerprint density at radius 2 is 2.08 bits per heavy atom. The highest BCUT2D eigenvalue weighted by molar-refractivity contribution is 7.89. The van der Waals surface area contributed by atoms with Crippen molar-refractivity contribution in [2.24, 2.45) is 0 Å². The molecule has 0 bridgehead atoms. The minimum atomic E-state index is -3.50. The van der Waals surface area contributed by atoms with Gasteiger partial charge in [0, 0.05) is 29.2 Å². The third-order valence-corrected chi connectivity index (χ3v) is 7.42. The summed E-state index contributed by atoms with van der Waals surface area (Å²) in [6, 6.07) is 7.27. The van der Waals surface area contributed by atoms with E-state index in [1.54, 1.807) is 27.8 Å². The molecule has 1 aromatic heterocycles. The zero-order valence-electron chi connectivity index (χ0n) is 14.7. The lowest BCUT2D eigenvalue weighted by atomic mass is 10.1. The number of thiazole rings is 1. The van der Waals surface area contributed by atoms with E-state index in [0.29, 0.717) is 11.4 Å². The molecule has 3 rings (SSSR count). The number of nitrogens with one attached hydrogen (secondary N) is 1. The molecule has 1 saturated heterocycles. The van der Waals surface area contributed by atoms with Crippen LogP contribution in [0.3, 0.4) is 0 Å². The quantitative estimate of drug-likeness (QED) is 0.837. The van der Waals surface area contributed by atoms with Crippen LogP contribution in [0.5, 0.6) is 0 Å². The maximum atomic E-state index is 13.3. The molecule has 25 heavy (non-hydrogen) atoms. The molecule has 0 amide bonds. The van der Waals surface area contributed by atoms with Crippen LogP contribution >= 0.6 is 11.3 Å². The van der Waals surface area contributed by atoms with Gasteiger partial charge in [-0.3, -0.25) is 0 Å². The highest BCUT2D eigenvalue weighted by Gasteiger charge is 2.31. The fourth-order valence-electron chi connectivity index (χ4n) is 3.23. The zero-order chi connectivity index (χ0) is 17.9. The first-order valence-electron chi connectivity index (χ1n) is 8.77. The highest BCUT2D eigenvalue weighted by atomic mass is 32.2. The minimum absolute atomic E-state index is 0.0805. The monoisotopic (exact) mass is 379 g/mol. The molecule has 0 atom stereocenters. The molecule has 2 aromatic rings. The lowest BCUT2D eigenvalue weighted by molar-refractivity contribution is 0.262. The van der Waals surface area contributed by atoms with Crippen molar-refractivity contribution in [1.82, 2.24) is 14.6 Å². The van der Waals surface area contributed by atoms with Crippen molar-refractivity contribution >= 4 is 21.4 Å². The van der Waals surface area contributed by atoms with Gasteiger partial charge in [0.1, 0.15) is 5.01 Å². The molecule has 1 aliphatic heterocycles. The predicted octanol–water partition coefficient (Wildman–Crippen LogP) is 3.27. The van der Waals surface area contributed by atoms with Crippen LogP contribution in [0.4, 0.5) is 0 Å². The number of aromatic nitrogens is 1. The topological polar surface area (TPSA) is 62.3 Å². The molecule has 1 aliphatic rings. The van der Waals surface area contributed by atoms with Crippen LogP contribution in [-0.2, 0) is 10.0 Å². The first-order chi connectivity index (χ1) is 12.0. The molecule has 136 valence electrons. The minimum Gasteiger partial charge on any atom is -0.317 e. The van der Waals surface area contributed by atoms with Crippen LogP contribution in [0.2, 0.25) is 0 Å². The van der Waals surface area contributed by atoms with Crippen LogP contribution in [0.15, 0.2) is 34.5 Å². The summed E-state index contributed by atoms with van der Waals surface area (Å²) < 4.78 is 28.3. The summed E-state index contributed by atoms with van der Waals surface area (Å²) in [5.41, 5.74) is 1.82. The Hall–Kier alpha value is -1.28. The zero-order valence-corrected chi connectivity index (χ0v) is 16.4. The average Bonchev–Trinajstić information content (AvgIpc) is 3.07. The van der Waals surface area contributed by atoms with E-state index in [0.717, 1.165) is 48.6 Å². The number of aryl methyl sites for hydroxylation is 1. The van der Waals surface area contributed by atoms with E-state index in [2.05, 4.69) is 10.3 Å². The molecule has 0 unspecified atom stereocenters. The third kappa shape index (κ3) is 4.11. The van der Waals surface area contributed by atoms with Gasteiger partial charge in [-0.15, -0.1) is 11.3 Å². The first-order valence-corrected chi connectivity index (χ1v) is 11.1. The van der Waals surface area contributed by atoms with E-state index in [1.165, 1.54) is 0 Å². The Bertz CT molecular complexity index is 811. The molecule has 1 aromatic carbocycles. The Morgan fingerprint density at radius 1 is 1.32 bits per heavy atom. The fraction of sp³-hybridized carbons (Fsp3) is 0.500. The second kappa shape index (κ2) is 7.95. The van der Waals surface area contributed by atoms with Gasteiger partial charge in [-0.1, -0.05) is 19.1 Å². The number of hydrogen-bond acceptors (Lipinski definition) is 5. The summed E-state index contributed by atoms with van der Waals surface area (Å²) in [6.07, 6.45) is 2.55. The predicted molar refractivity (Wildman–Crippen MR) is 102 cm³/mol. The standard InChI is InChI=1S/C18H25N3O2S2/c1-3-11-21(16-7-9-19-10-8-16)25(22,23)17-6-4-5-15(12-17)18-20-14(2)13-24-18/h4-6,12-13,16,19H,3,7-11H2,1-2H3. The SMILES string of the molecule is CCCN(C1CCNCC1)S(=O)(=O)c1cccc(-c2nc(C)cs2)c1. The van der Waals surface area contributed by atoms with Crippen molar-refractivity contribution in [1.29, 1.82) is 0 Å². The number of piperidine rings is 1. The maximum Gasteiger partial charge on any atom is 0.243 e. The van der Waals surface area contributed by atoms with Gasteiger partial charge in [0.2, 0.25) is 10.0 Å². The van der Waals surface area contributed by atoms with Gasteiger partial charge in [0.15, 0.2) is 0 Å². The molecule has 0 spiro atoms. The van der Waals surface area contributed by atoms with Gasteiger partial charge in [-0.25, -0.2) is 13.4 Å². The summed E-state index contributed by atoms with van der Waals surface area (Å²) >= 11 is 1.54. The summed E-state index contributed by atoms with van der Waals surface area (Å²) in [5.74, 6) is 0. The van der Waals surface area contributed by atoms with Crippen molar-refractivity contribution in [3.05, 3.63) is 35.3 Å². The molecule has 0 saturated carbocycles. The second-order valence-electron chi connectivity index (χ2n) is 6.42. The summed E-state index contributed by atoms with van der Waals surface area (Å²) in [4.78, 5) is 4.84. The second-order valence-corrected chi connectivity index (χ2v) is 9.17. The van der Waals surface area contributed by atoms with Crippen LogP contribution in [0.1, 0.15) is 31.9 Å². The van der Waals surface area contributed by atoms with E-state index in [-0.39, 0.29) is 6.04 Å². The molecule has 1 fully saturated rings. The molecule has 0 aliphatic carbocycles. The van der Waals surface area contributed by atoms with Crippen LogP contribution in [-0.4, -0.2) is 43.4 Å². The normalized spacial score (nSPS) is 16.4. The van der Waals surface area contributed by atoms with Crippen LogP contribution < -0.4 is 5.32 Å². The van der Waals surface area contributed by atoms with Gasteiger partial charge >= 0.3 is 0 Å². The largest absolute Gasteiger partial charge is 0.317 e. The number of hydrogen-bond donors (Lipinski definition) is 1. The smallest absolute Gasteiger partial charge is 0.243 e. The molecule has 2 heterocycles. The summed E-state index contributed by atoms with van der Waals surface area (Å²) in [5, 5.41) is 6.15. The number of nitrogens with zero attached hydrogens (tertiary/aromatic N) is 2. The first kappa shape index (κ1) is 18.5. The van der Waals surface area contributed by atoms with Crippen molar-refractivity contribution in [2.75, 3.05) is 19.6 Å². The Morgan fingerprint density at radius 3 is 2.72 bits per heavy atom. The van der Waals surface area contributed by atoms with E-state index in [1.807, 2.05) is 31.4 Å². The van der Waals surface area contributed by atoms with Crippen LogP contribution in [0.25, 0.3) is 10.6 Å². The van der Waals surface area contributed by atoms with Gasteiger partial charge in [0.25, 0.3) is 0 Å². The lowest BCUT2D eigenvalue weighted by Crippen LogP contribution is -2.46. The lowest BCUT2D eigenvalue weighted by Gasteiger charge is -2.33. The number of sulfonamides is 1. The molecule has 5 nitrogen and oxygen atoms in total. The molecule has 0 radical (unpaired) electrons. The summed E-state index contributed by atoms with van der Waals surface area (Å²) in [6.45, 7) is 6.28. The van der Waals surface area contributed by atoms with Crippen molar-refractivity contribution < 1.29 is 8.42 Å². The van der Waals surface area contributed by atoms with Crippen molar-refractivity contribution in [3.63, 3.8) is 0 Å². The van der Waals surface area contributed by atoms with Crippen LogP contribution in [0, 0.1) is 6.92 Å². The van der Waals surface area contributed by atoms with Gasteiger partial charge < -0.3 is 5.32 Å². The van der Waals surface area contributed by atoms with Gasteiger partial charge in [-0.05, 0) is 51.4 Å². The Kier molecular flexibility index (Phi) is 5.89. The Labute approximate surface area is 154 Å². The van der Waals surface area contributed by atoms with Crippen molar-refractivity contribution in [3.8, 4) is 10.6 Å². The molecule has 7 heteroatoms. The molecular weight excluding hydrogens is 354 g/mol. The highest BCUT2D eigenvalue weighted by Crippen LogP contribution is 2.28. The van der Waals surface area contributed by atoms with Gasteiger partial charge in [0.05, 0.1) is 4.90 Å². The summed E-state index contributed by atoms with van der Waals surface area (Å²) in [7, 11) is -3.50. The van der Waals surface area contributed by atoms with Crippen molar-refractivity contribution in [2.45, 2.75) is 44.0 Å². The van der Waals surface area contributed by atoms with E-state index >= 15 is 0 Å².